The first kappa shape index (κ1) is 23.3. The lowest BCUT2D eigenvalue weighted by molar-refractivity contribution is 0.288. The summed E-state index contributed by atoms with van der Waals surface area (Å²) >= 11 is 0. The molecule has 1 saturated heterocycles. The van der Waals surface area contributed by atoms with Crippen molar-refractivity contribution >= 4 is 15.7 Å². The monoisotopic (exact) mass is 476 g/mol. The van der Waals surface area contributed by atoms with E-state index in [0.29, 0.717) is 43.7 Å². The Morgan fingerprint density at radius 3 is 2.48 bits per heavy atom. The molecule has 0 bridgehead atoms. The van der Waals surface area contributed by atoms with E-state index in [1.807, 2.05) is 11.0 Å². The maximum atomic E-state index is 13.4. The van der Waals surface area contributed by atoms with E-state index >= 15 is 0 Å². The standard InChI is InChI=1S/C23H26F2N4O3S/c24-15-22-26-27-23(32-22)19-9-7-18(8-10-19)16-29(21-5-2-1-3-6-21)33(30,31)14-4-12-28-13-11-20(25)17-28/h1-3,5-10,20H,4,11-17H2/t20-/m0/s1. The number of hydrogen-bond donors (Lipinski definition) is 0. The molecule has 2 aromatic carbocycles. The predicted octanol–water partition coefficient (Wildman–Crippen LogP) is 3.98. The first-order chi connectivity index (χ1) is 15.9. The van der Waals surface area contributed by atoms with Crippen LogP contribution < -0.4 is 4.31 Å². The molecule has 2 heterocycles. The third-order valence-electron chi connectivity index (χ3n) is 5.58. The molecule has 10 heteroatoms. The van der Waals surface area contributed by atoms with Crippen LogP contribution >= 0.6 is 0 Å². The minimum Gasteiger partial charge on any atom is -0.418 e. The number of rotatable bonds is 10. The second-order valence-corrected chi connectivity index (χ2v) is 10.0. The fraction of sp³-hybridized carbons (Fsp3) is 0.391. The number of hydrogen-bond acceptors (Lipinski definition) is 6. The van der Waals surface area contributed by atoms with Gasteiger partial charge in [-0.15, -0.1) is 10.2 Å². The second kappa shape index (κ2) is 10.4. The summed E-state index contributed by atoms with van der Waals surface area (Å²) in [7, 11) is -3.61. The highest BCUT2D eigenvalue weighted by Crippen LogP contribution is 2.24. The highest BCUT2D eigenvalue weighted by molar-refractivity contribution is 7.92. The molecule has 1 atom stereocenters. The van der Waals surface area contributed by atoms with Crippen LogP contribution in [0.2, 0.25) is 0 Å². The Kier molecular flexibility index (Phi) is 7.34. The van der Waals surface area contributed by atoms with Crippen LogP contribution in [0.25, 0.3) is 11.5 Å². The lowest BCUT2D eigenvalue weighted by Crippen LogP contribution is -2.34. The molecule has 0 radical (unpaired) electrons. The quantitative estimate of drug-likeness (QED) is 0.441. The largest absolute Gasteiger partial charge is 0.418 e. The molecule has 33 heavy (non-hydrogen) atoms. The average Bonchev–Trinajstić information content (AvgIpc) is 3.47. The summed E-state index contributed by atoms with van der Waals surface area (Å²) in [6, 6.07) is 16.0. The highest BCUT2D eigenvalue weighted by Gasteiger charge is 2.25. The van der Waals surface area contributed by atoms with E-state index < -0.39 is 22.9 Å². The summed E-state index contributed by atoms with van der Waals surface area (Å²) < 4.78 is 59.2. The van der Waals surface area contributed by atoms with Gasteiger partial charge in [0.1, 0.15) is 6.17 Å². The summed E-state index contributed by atoms with van der Waals surface area (Å²) in [5.41, 5.74) is 1.98. The van der Waals surface area contributed by atoms with Crippen molar-refractivity contribution in [2.45, 2.75) is 32.2 Å². The van der Waals surface area contributed by atoms with Crippen molar-refractivity contribution in [1.82, 2.24) is 15.1 Å². The van der Waals surface area contributed by atoms with Crippen molar-refractivity contribution in [2.24, 2.45) is 0 Å². The first-order valence-corrected chi connectivity index (χ1v) is 12.4. The summed E-state index contributed by atoms with van der Waals surface area (Å²) in [5, 5.41) is 7.43. The number of sulfonamides is 1. The van der Waals surface area contributed by atoms with Crippen LogP contribution in [0.5, 0.6) is 0 Å². The van der Waals surface area contributed by atoms with Crippen molar-refractivity contribution in [3.05, 3.63) is 66.1 Å². The van der Waals surface area contributed by atoms with Crippen LogP contribution in [0.15, 0.2) is 59.0 Å². The minimum atomic E-state index is -3.61. The third kappa shape index (κ3) is 5.94. The molecule has 0 aliphatic carbocycles. The molecule has 176 valence electrons. The zero-order chi connectivity index (χ0) is 23.3. The van der Waals surface area contributed by atoms with Crippen molar-refractivity contribution < 1.29 is 21.6 Å². The zero-order valence-corrected chi connectivity index (χ0v) is 18.9. The number of anilines is 1. The average molecular weight is 477 g/mol. The van der Waals surface area contributed by atoms with Crippen LogP contribution in [0.3, 0.4) is 0 Å². The molecule has 0 spiro atoms. The molecular weight excluding hydrogens is 450 g/mol. The molecule has 1 aromatic heterocycles. The molecule has 1 aliphatic rings. The van der Waals surface area contributed by atoms with E-state index in [1.54, 1.807) is 48.5 Å². The van der Waals surface area contributed by atoms with Gasteiger partial charge in [-0.3, -0.25) is 4.31 Å². The van der Waals surface area contributed by atoms with E-state index in [9.17, 15) is 17.2 Å². The van der Waals surface area contributed by atoms with Crippen LogP contribution in [0, 0.1) is 0 Å². The van der Waals surface area contributed by atoms with Gasteiger partial charge in [-0.05, 0) is 49.2 Å². The Morgan fingerprint density at radius 2 is 1.85 bits per heavy atom. The third-order valence-corrected chi connectivity index (χ3v) is 7.40. The maximum absolute atomic E-state index is 13.4. The SMILES string of the molecule is O=S(=O)(CCCN1CC[C@H](F)C1)N(Cc1ccc(-c2nnc(CF)o2)cc1)c1ccccc1. The molecule has 0 unspecified atom stereocenters. The fourth-order valence-electron chi connectivity index (χ4n) is 3.86. The topological polar surface area (TPSA) is 79.5 Å². The molecule has 0 amide bonds. The summed E-state index contributed by atoms with van der Waals surface area (Å²) in [5.74, 6) is 0.0899. The maximum Gasteiger partial charge on any atom is 0.247 e. The Morgan fingerprint density at radius 1 is 1.09 bits per heavy atom. The fourth-order valence-corrected chi connectivity index (χ4v) is 5.36. The number of nitrogens with zero attached hydrogens (tertiary/aromatic N) is 4. The van der Waals surface area contributed by atoms with Crippen molar-refractivity contribution in [3.63, 3.8) is 0 Å². The summed E-state index contributed by atoms with van der Waals surface area (Å²) in [4.78, 5) is 1.97. The number of halogens is 2. The van der Waals surface area contributed by atoms with Gasteiger partial charge in [-0.2, -0.15) is 0 Å². The molecule has 1 aliphatic heterocycles. The van der Waals surface area contributed by atoms with Gasteiger partial charge in [0, 0.05) is 18.7 Å². The predicted molar refractivity (Wildman–Crippen MR) is 122 cm³/mol. The minimum absolute atomic E-state index is 0.0264. The Labute approximate surface area is 192 Å². The summed E-state index contributed by atoms with van der Waals surface area (Å²) in [6.45, 7) is 0.927. The van der Waals surface area contributed by atoms with Crippen LogP contribution in [0.4, 0.5) is 14.5 Å². The van der Waals surface area contributed by atoms with Gasteiger partial charge in [0.05, 0.1) is 18.0 Å². The van der Waals surface area contributed by atoms with Gasteiger partial charge in [0.25, 0.3) is 0 Å². The van der Waals surface area contributed by atoms with E-state index in [4.69, 9.17) is 4.42 Å². The highest BCUT2D eigenvalue weighted by atomic mass is 32.2. The Balaban J connectivity index is 1.47. The number of aromatic nitrogens is 2. The Bertz CT molecular complexity index is 1140. The van der Waals surface area contributed by atoms with Crippen LogP contribution in [-0.4, -0.2) is 55.1 Å². The number of alkyl halides is 2. The van der Waals surface area contributed by atoms with E-state index in [1.165, 1.54) is 4.31 Å². The first-order valence-electron chi connectivity index (χ1n) is 10.8. The van der Waals surface area contributed by atoms with Crippen molar-refractivity contribution in [2.75, 3.05) is 29.7 Å². The van der Waals surface area contributed by atoms with Crippen molar-refractivity contribution in [1.29, 1.82) is 0 Å². The van der Waals surface area contributed by atoms with Gasteiger partial charge in [-0.25, -0.2) is 17.2 Å². The molecule has 4 rings (SSSR count). The molecule has 1 fully saturated rings. The normalized spacial score (nSPS) is 16.8. The van der Waals surface area contributed by atoms with Gasteiger partial charge >= 0.3 is 0 Å². The lowest BCUT2D eigenvalue weighted by Gasteiger charge is -2.25. The van der Waals surface area contributed by atoms with Gasteiger partial charge in [0.2, 0.25) is 21.8 Å². The van der Waals surface area contributed by atoms with Gasteiger partial charge < -0.3 is 9.32 Å². The molecule has 0 N–H and O–H groups in total. The lowest BCUT2D eigenvalue weighted by atomic mass is 10.1. The molecular formula is C23H26F2N4O3S. The Hall–Kier alpha value is -2.85. The molecule has 7 nitrogen and oxygen atoms in total. The number of likely N-dealkylation sites (tertiary alicyclic amines) is 1. The zero-order valence-electron chi connectivity index (χ0n) is 18.1. The van der Waals surface area contributed by atoms with Crippen molar-refractivity contribution in [3.8, 4) is 11.5 Å². The smallest absolute Gasteiger partial charge is 0.247 e. The van der Waals surface area contributed by atoms with E-state index in [0.717, 1.165) is 5.56 Å². The van der Waals surface area contributed by atoms with Gasteiger partial charge in [0.15, 0.2) is 6.67 Å². The van der Waals surface area contributed by atoms with E-state index in [2.05, 4.69) is 10.2 Å². The van der Waals surface area contributed by atoms with Crippen LogP contribution in [-0.2, 0) is 23.2 Å². The number of para-hydroxylation sites is 1. The number of benzene rings is 2. The van der Waals surface area contributed by atoms with Gasteiger partial charge in [-0.1, -0.05) is 30.3 Å². The van der Waals surface area contributed by atoms with Crippen LogP contribution in [0.1, 0.15) is 24.3 Å². The van der Waals surface area contributed by atoms with E-state index in [-0.39, 0.29) is 24.1 Å². The summed E-state index contributed by atoms with van der Waals surface area (Å²) in [6.07, 6.45) is 0.129. The molecule has 3 aromatic rings. The second-order valence-electron chi connectivity index (χ2n) is 8.03. The molecule has 0 saturated carbocycles.